The Morgan fingerprint density at radius 1 is 1.35 bits per heavy atom. The third kappa shape index (κ3) is 3.79. The summed E-state index contributed by atoms with van der Waals surface area (Å²) in [6.07, 6.45) is 1.65. The van der Waals surface area contributed by atoms with Gasteiger partial charge in [-0.15, -0.1) is 23.7 Å². The lowest BCUT2D eigenvalue weighted by Gasteiger charge is -2.31. The highest BCUT2D eigenvalue weighted by atomic mass is 35.5. The van der Waals surface area contributed by atoms with Gasteiger partial charge in [-0.3, -0.25) is 4.79 Å². The summed E-state index contributed by atoms with van der Waals surface area (Å²) in [5.41, 5.74) is 6.55. The molecule has 128 valence electrons. The smallest absolute Gasteiger partial charge is 0.262 e. The van der Waals surface area contributed by atoms with Gasteiger partial charge in [-0.2, -0.15) is 0 Å². The summed E-state index contributed by atoms with van der Waals surface area (Å²) >= 11 is 1.51. The van der Waals surface area contributed by atoms with Gasteiger partial charge in [0.2, 0.25) is 0 Å². The summed E-state index contributed by atoms with van der Waals surface area (Å²) in [4.78, 5) is 13.4. The predicted molar refractivity (Wildman–Crippen MR) is 100 cm³/mol. The molecule has 2 aromatic rings. The molecular formula is C17H25ClN2O2S. The standard InChI is InChI=1S/C17H24N2O2S.ClH/c1-5-17(6-2,10-18)19-16(20)15-11(3)13-9-12(21-4)7-8-14(13)22-15;/h7-9H,5-6,10,18H2,1-4H3,(H,19,20);1H. The number of hydrogen-bond donors (Lipinski definition) is 2. The summed E-state index contributed by atoms with van der Waals surface area (Å²) in [6.45, 7) is 6.54. The zero-order valence-corrected chi connectivity index (χ0v) is 15.7. The fraction of sp³-hybridized carbons (Fsp3) is 0.471. The topological polar surface area (TPSA) is 64.3 Å². The summed E-state index contributed by atoms with van der Waals surface area (Å²) in [5.74, 6) is 0.769. The average Bonchev–Trinajstić information content (AvgIpc) is 2.89. The average molecular weight is 357 g/mol. The second kappa shape index (κ2) is 7.99. The first-order valence-electron chi connectivity index (χ1n) is 7.60. The summed E-state index contributed by atoms with van der Waals surface area (Å²) in [6, 6.07) is 5.90. The van der Waals surface area contributed by atoms with Crippen molar-refractivity contribution < 1.29 is 9.53 Å². The highest BCUT2D eigenvalue weighted by Gasteiger charge is 2.28. The molecule has 0 unspecified atom stereocenters. The Morgan fingerprint density at radius 2 is 2.00 bits per heavy atom. The molecule has 2 rings (SSSR count). The molecule has 4 nitrogen and oxygen atoms in total. The van der Waals surface area contributed by atoms with Crippen molar-refractivity contribution in [2.75, 3.05) is 13.7 Å². The maximum Gasteiger partial charge on any atom is 0.262 e. The summed E-state index contributed by atoms with van der Waals surface area (Å²) in [7, 11) is 1.65. The van der Waals surface area contributed by atoms with Crippen LogP contribution in [0.1, 0.15) is 41.9 Å². The zero-order valence-electron chi connectivity index (χ0n) is 14.1. The summed E-state index contributed by atoms with van der Waals surface area (Å²) in [5, 5.41) is 4.21. The first-order chi connectivity index (χ1) is 10.5. The number of carbonyl (C=O) groups is 1. The molecule has 0 saturated carbocycles. The molecule has 0 radical (unpaired) electrons. The Kier molecular flexibility index (Phi) is 6.86. The number of rotatable bonds is 6. The van der Waals surface area contributed by atoms with Crippen LogP contribution >= 0.6 is 23.7 Å². The highest BCUT2D eigenvalue weighted by Crippen LogP contribution is 2.33. The molecule has 0 aliphatic heterocycles. The second-order valence-corrected chi connectivity index (χ2v) is 6.62. The second-order valence-electron chi connectivity index (χ2n) is 5.56. The zero-order chi connectivity index (χ0) is 16.3. The van der Waals surface area contributed by atoms with Crippen molar-refractivity contribution in [2.24, 2.45) is 5.73 Å². The van der Waals surface area contributed by atoms with E-state index in [0.717, 1.165) is 39.1 Å². The quantitative estimate of drug-likeness (QED) is 0.825. The van der Waals surface area contributed by atoms with E-state index in [-0.39, 0.29) is 23.9 Å². The number of methoxy groups -OCH3 is 1. The van der Waals surface area contributed by atoms with E-state index in [1.54, 1.807) is 7.11 Å². The Balaban J connectivity index is 0.00000264. The molecule has 3 N–H and O–H groups in total. The van der Waals surface area contributed by atoms with Crippen molar-refractivity contribution in [3.05, 3.63) is 28.6 Å². The van der Waals surface area contributed by atoms with Crippen LogP contribution in [0, 0.1) is 6.92 Å². The molecule has 0 spiro atoms. The van der Waals surface area contributed by atoms with Gasteiger partial charge in [-0.25, -0.2) is 0 Å². The number of nitrogens with two attached hydrogens (primary N) is 1. The van der Waals surface area contributed by atoms with Crippen molar-refractivity contribution in [3.63, 3.8) is 0 Å². The van der Waals surface area contributed by atoms with Gasteiger partial charge in [-0.05, 0) is 48.9 Å². The van der Waals surface area contributed by atoms with Crippen molar-refractivity contribution >= 4 is 39.7 Å². The lowest BCUT2D eigenvalue weighted by molar-refractivity contribution is 0.0899. The van der Waals surface area contributed by atoms with Crippen molar-refractivity contribution in [3.8, 4) is 5.75 Å². The van der Waals surface area contributed by atoms with Gasteiger partial charge in [0.15, 0.2) is 0 Å². The van der Waals surface area contributed by atoms with E-state index >= 15 is 0 Å². The molecule has 0 atom stereocenters. The first kappa shape index (κ1) is 19.7. The molecule has 1 amide bonds. The number of ether oxygens (including phenoxy) is 1. The Hall–Kier alpha value is -1.30. The van der Waals surface area contributed by atoms with Gasteiger partial charge < -0.3 is 15.8 Å². The summed E-state index contributed by atoms with van der Waals surface area (Å²) < 4.78 is 6.36. The highest BCUT2D eigenvalue weighted by molar-refractivity contribution is 7.21. The number of aryl methyl sites for hydroxylation is 1. The van der Waals surface area contributed by atoms with Crippen LogP contribution in [0.3, 0.4) is 0 Å². The first-order valence-corrected chi connectivity index (χ1v) is 8.41. The largest absolute Gasteiger partial charge is 0.497 e. The van der Waals surface area contributed by atoms with E-state index in [2.05, 4.69) is 19.2 Å². The number of amides is 1. The van der Waals surface area contributed by atoms with Gasteiger partial charge in [-0.1, -0.05) is 13.8 Å². The lowest BCUT2D eigenvalue weighted by Crippen LogP contribution is -2.52. The minimum Gasteiger partial charge on any atom is -0.497 e. The molecule has 1 aromatic heterocycles. The molecule has 0 fully saturated rings. The third-order valence-electron chi connectivity index (χ3n) is 4.47. The number of carbonyl (C=O) groups excluding carboxylic acids is 1. The molecule has 0 aliphatic rings. The third-order valence-corrected chi connectivity index (χ3v) is 5.74. The van der Waals surface area contributed by atoms with E-state index < -0.39 is 0 Å². The number of nitrogens with one attached hydrogen (secondary N) is 1. The van der Waals surface area contributed by atoms with Gasteiger partial charge in [0.1, 0.15) is 5.75 Å². The molecule has 1 aromatic carbocycles. The van der Waals surface area contributed by atoms with Crippen LogP contribution in [0.4, 0.5) is 0 Å². The van der Waals surface area contributed by atoms with Gasteiger partial charge in [0, 0.05) is 11.2 Å². The molecule has 0 aliphatic carbocycles. The fourth-order valence-corrected chi connectivity index (χ4v) is 3.69. The normalized spacial score (nSPS) is 11.2. The van der Waals surface area contributed by atoms with E-state index in [9.17, 15) is 4.79 Å². The molecule has 1 heterocycles. The molecule has 6 heteroatoms. The fourth-order valence-electron chi connectivity index (χ4n) is 2.61. The Morgan fingerprint density at radius 3 is 2.52 bits per heavy atom. The van der Waals surface area contributed by atoms with Crippen LogP contribution in [0.15, 0.2) is 18.2 Å². The van der Waals surface area contributed by atoms with Crippen molar-refractivity contribution in [2.45, 2.75) is 39.2 Å². The van der Waals surface area contributed by atoms with Crippen molar-refractivity contribution in [1.29, 1.82) is 0 Å². The predicted octanol–water partition coefficient (Wildman–Crippen LogP) is 3.89. The van der Waals surface area contributed by atoms with Gasteiger partial charge in [0.05, 0.1) is 17.5 Å². The Bertz CT molecular complexity index is 672. The minimum absolute atomic E-state index is 0. The van der Waals surface area contributed by atoms with Crippen LogP contribution < -0.4 is 15.8 Å². The number of benzene rings is 1. The van der Waals surface area contributed by atoms with Gasteiger partial charge >= 0.3 is 0 Å². The van der Waals surface area contributed by atoms with E-state index in [1.165, 1.54) is 11.3 Å². The van der Waals surface area contributed by atoms with E-state index in [0.29, 0.717) is 6.54 Å². The number of hydrogen-bond acceptors (Lipinski definition) is 4. The molecule has 23 heavy (non-hydrogen) atoms. The van der Waals surface area contributed by atoms with E-state index in [1.807, 2.05) is 25.1 Å². The SMILES string of the molecule is CCC(CC)(CN)NC(=O)c1sc2ccc(OC)cc2c1C.Cl. The van der Waals surface area contributed by atoms with Crippen LogP contribution in [-0.4, -0.2) is 25.1 Å². The maximum atomic E-state index is 12.7. The maximum absolute atomic E-state index is 12.7. The lowest BCUT2D eigenvalue weighted by atomic mass is 9.92. The number of fused-ring (bicyclic) bond motifs is 1. The molecule has 0 bridgehead atoms. The van der Waals surface area contributed by atoms with Crippen LogP contribution in [0.25, 0.3) is 10.1 Å². The van der Waals surface area contributed by atoms with Crippen molar-refractivity contribution in [1.82, 2.24) is 5.32 Å². The van der Waals surface area contributed by atoms with Gasteiger partial charge in [0.25, 0.3) is 5.91 Å². The number of halogens is 1. The monoisotopic (exact) mass is 356 g/mol. The molecular weight excluding hydrogens is 332 g/mol. The Labute approximate surface area is 147 Å². The number of thiophene rings is 1. The molecule has 0 saturated heterocycles. The van der Waals surface area contributed by atoms with E-state index in [4.69, 9.17) is 10.5 Å². The van der Waals surface area contributed by atoms with Crippen LogP contribution in [0.5, 0.6) is 5.75 Å². The minimum atomic E-state index is -0.322. The van der Waals surface area contributed by atoms with Crippen LogP contribution in [-0.2, 0) is 0 Å². The van der Waals surface area contributed by atoms with Crippen LogP contribution in [0.2, 0.25) is 0 Å².